The molecular weight excluding hydrogens is 124 g/mol. The third kappa shape index (κ3) is 1.72. The van der Waals surface area contributed by atoms with E-state index in [0.29, 0.717) is 11.3 Å². The number of nitrogens with two attached hydrogens (primary N) is 1. The zero-order valence-electron chi connectivity index (χ0n) is 7.02. The molecule has 0 aromatic rings. The first-order chi connectivity index (χ1) is 4.52. The average molecular weight is 140 g/mol. The molecule has 0 spiro atoms. The Hall–Kier alpha value is -0.530. The fourth-order valence-electron chi connectivity index (χ4n) is 1.14. The van der Waals surface area contributed by atoms with Crippen molar-refractivity contribution in [2.45, 2.75) is 27.2 Å². The average Bonchev–Trinajstić information content (AvgIpc) is 2.35. The van der Waals surface area contributed by atoms with Gasteiger partial charge in [-0.05, 0) is 24.7 Å². The van der Waals surface area contributed by atoms with E-state index in [1.54, 1.807) is 0 Å². The number of rotatable bonds is 2. The van der Waals surface area contributed by atoms with E-state index in [-0.39, 0.29) is 0 Å². The molecule has 0 aromatic heterocycles. The molecule has 10 heavy (non-hydrogen) atoms. The minimum absolute atomic E-state index is 0.541. The zero-order chi connectivity index (χ0) is 7.78. The van der Waals surface area contributed by atoms with E-state index >= 15 is 0 Å². The largest absolute Gasteiger partial charge is 0.388 e. The summed E-state index contributed by atoms with van der Waals surface area (Å²) in [6, 6.07) is 0. The molecule has 0 heterocycles. The molecule has 0 amide bonds. The van der Waals surface area contributed by atoms with Crippen molar-refractivity contribution in [1.29, 1.82) is 0 Å². The van der Waals surface area contributed by atoms with Crippen LogP contribution in [-0.4, -0.2) is 12.4 Å². The van der Waals surface area contributed by atoms with Gasteiger partial charge in [0.15, 0.2) is 0 Å². The molecule has 1 unspecified atom stereocenters. The second-order valence-electron chi connectivity index (χ2n) is 3.87. The van der Waals surface area contributed by atoms with Crippen molar-refractivity contribution < 1.29 is 0 Å². The second-order valence-corrected chi connectivity index (χ2v) is 3.87. The Balaban J connectivity index is 2.25. The Bertz CT molecular complexity index is 155. The highest BCUT2D eigenvalue weighted by molar-refractivity contribution is 5.77. The van der Waals surface area contributed by atoms with E-state index in [1.165, 1.54) is 6.42 Å². The molecule has 2 N–H and O–H groups in total. The van der Waals surface area contributed by atoms with Crippen molar-refractivity contribution in [2.24, 2.45) is 22.1 Å². The van der Waals surface area contributed by atoms with Gasteiger partial charge in [0, 0.05) is 6.54 Å². The predicted molar refractivity (Wildman–Crippen MR) is 44.1 cm³/mol. The van der Waals surface area contributed by atoms with Crippen LogP contribution in [0.15, 0.2) is 4.99 Å². The molecule has 0 aliphatic heterocycles. The Kier molecular flexibility index (Phi) is 1.71. The highest BCUT2D eigenvalue weighted by atomic mass is 14.9. The first-order valence-electron chi connectivity index (χ1n) is 3.79. The van der Waals surface area contributed by atoms with Crippen LogP contribution in [0.1, 0.15) is 27.2 Å². The van der Waals surface area contributed by atoms with Crippen molar-refractivity contribution in [1.82, 2.24) is 0 Å². The summed E-state index contributed by atoms with van der Waals surface area (Å²) in [7, 11) is 0. The first-order valence-corrected chi connectivity index (χ1v) is 3.79. The summed E-state index contributed by atoms with van der Waals surface area (Å²) >= 11 is 0. The Morgan fingerprint density at radius 3 is 2.50 bits per heavy atom. The summed E-state index contributed by atoms with van der Waals surface area (Å²) in [5, 5.41) is 0. The predicted octanol–water partition coefficient (Wildman–Crippen LogP) is 1.41. The van der Waals surface area contributed by atoms with Crippen LogP contribution < -0.4 is 5.73 Å². The molecule has 0 radical (unpaired) electrons. The minimum Gasteiger partial charge on any atom is -0.388 e. The summed E-state index contributed by atoms with van der Waals surface area (Å²) in [6.07, 6.45) is 1.31. The zero-order valence-corrected chi connectivity index (χ0v) is 7.02. The molecule has 0 aromatic carbocycles. The number of hydrogen-bond acceptors (Lipinski definition) is 1. The van der Waals surface area contributed by atoms with Gasteiger partial charge in [0.25, 0.3) is 0 Å². The van der Waals surface area contributed by atoms with Crippen LogP contribution in [0.2, 0.25) is 0 Å². The topological polar surface area (TPSA) is 38.4 Å². The summed E-state index contributed by atoms with van der Waals surface area (Å²) in [5.74, 6) is 1.49. The van der Waals surface area contributed by atoms with Crippen LogP contribution in [0, 0.1) is 11.3 Å². The van der Waals surface area contributed by atoms with Crippen LogP contribution >= 0.6 is 0 Å². The highest BCUT2D eigenvalue weighted by Crippen LogP contribution is 2.51. The van der Waals surface area contributed by atoms with Crippen molar-refractivity contribution >= 4 is 5.84 Å². The Labute approximate surface area is 62.5 Å². The van der Waals surface area contributed by atoms with Gasteiger partial charge in [-0.3, -0.25) is 4.99 Å². The lowest BCUT2D eigenvalue weighted by molar-refractivity contribution is 0.565. The van der Waals surface area contributed by atoms with E-state index in [4.69, 9.17) is 5.73 Å². The molecule has 2 heteroatoms. The van der Waals surface area contributed by atoms with E-state index < -0.39 is 0 Å². The standard InChI is InChI=1S/C8H16N2/c1-6(9)10-5-7-4-8(7,2)3/h7H,4-5H2,1-3H3,(H2,9,10). The lowest BCUT2D eigenvalue weighted by Gasteiger charge is -1.98. The van der Waals surface area contributed by atoms with Gasteiger partial charge in [-0.15, -0.1) is 0 Å². The SMILES string of the molecule is CC(N)=NCC1CC1(C)C. The van der Waals surface area contributed by atoms with Crippen LogP contribution in [0.3, 0.4) is 0 Å². The highest BCUT2D eigenvalue weighted by Gasteiger charge is 2.44. The smallest absolute Gasteiger partial charge is 0.0905 e. The van der Waals surface area contributed by atoms with Gasteiger partial charge in [-0.25, -0.2) is 0 Å². The van der Waals surface area contributed by atoms with Gasteiger partial charge >= 0.3 is 0 Å². The fourth-order valence-corrected chi connectivity index (χ4v) is 1.14. The molecule has 1 saturated carbocycles. The summed E-state index contributed by atoms with van der Waals surface area (Å²) < 4.78 is 0. The maximum atomic E-state index is 5.41. The quantitative estimate of drug-likeness (QED) is 0.457. The van der Waals surface area contributed by atoms with Crippen molar-refractivity contribution in [3.8, 4) is 0 Å². The van der Waals surface area contributed by atoms with Crippen LogP contribution in [0.5, 0.6) is 0 Å². The maximum Gasteiger partial charge on any atom is 0.0905 e. The Morgan fingerprint density at radius 1 is 1.70 bits per heavy atom. The molecule has 1 fully saturated rings. The van der Waals surface area contributed by atoms with Crippen LogP contribution in [-0.2, 0) is 0 Å². The van der Waals surface area contributed by atoms with E-state index in [2.05, 4.69) is 18.8 Å². The van der Waals surface area contributed by atoms with Gasteiger partial charge in [0.05, 0.1) is 5.84 Å². The molecule has 2 nitrogen and oxygen atoms in total. The van der Waals surface area contributed by atoms with E-state index in [9.17, 15) is 0 Å². The van der Waals surface area contributed by atoms with Crippen LogP contribution in [0.25, 0.3) is 0 Å². The fraction of sp³-hybridized carbons (Fsp3) is 0.875. The minimum atomic E-state index is 0.541. The van der Waals surface area contributed by atoms with Gasteiger partial charge < -0.3 is 5.73 Å². The molecule has 1 aliphatic carbocycles. The molecule has 1 atom stereocenters. The van der Waals surface area contributed by atoms with Crippen molar-refractivity contribution in [3.63, 3.8) is 0 Å². The molecule has 0 bridgehead atoms. The number of amidine groups is 1. The first kappa shape index (κ1) is 7.58. The van der Waals surface area contributed by atoms with Gasteiger partial charge in [0.1, 0.15) is 0 Å². The number of nitrogens with zero attached hydrogens (tertiary/aromatic N) is 1. The van der Waals surface area contributed by atoms with E-state index in [0.717, 1.165) is 12.5 Å². The third-order valence-electron chi connectivity index (χ3n) is 2.28. The summed E-state index contributed by atoms with van der Waals surface area (Å²) in [4.78, 5) is 4.18. The second kappa shape index (κ2) is 2.26. The van der Waals surface area contributed by atoms with Crippen LogP contribution in [0.4, 0.5) is 0 Å². The summed E-state index contributed by atoms with van der Waals surface area (Å²) in [5.41, 5.74) is 5.95. The number of hydrogen-bond donors (Lipinski definition) is 1. The van der Waals surface area contributed by atoms with Gasteiger partial charge in [0.2, 0.25) is 0 Å². The normalized spacial score (nSPS) is 30.3. The van der Waals surface area contributed by atoms with Gasteiger partial charge in [-0.1, -0.05) is 13.8 Å². The van der Waals surface area contributed by atoms with E-state index in [1.807, 2.05) is 6.92 Å². The summed E-state index contributed by atoms with van der Waals surface area (Å²) in [6.45, 7) is 7.32. The molecule has 1 rings (SSSR count). The molecule has 58 valence electrons. The van der Waals surface area contributed by atoms with Gasteiger partial charge in [-0.2, -0.15) is 0 Å². The number of aliphatic imine (C=N–C) groups is 1. The lowest BCUT2D eigenvalue weighted by Crippen LogP contribution is -2.07. The third-order valence-corrected chi connectivity index (χ3v) is 2.28. The van der Waals surface area contributed by atoms with Crippen molar-refractivity contribution in [2.75, 3.05) is 6.54 Å². The Morgan fingerprint density at radius 2 is 2.20 bits per heavy atom. The van der Waals surface area contributed by atoms with Crippen molar-refractivity contribution in [3.05, 3.63) is 0 Å². The molecule has 1 aliphatic rings. The lowest BCUT2D eigenvalue weighted by atomic mass is 10.1. The maximum absolute atomic E-state index is 5.41. The monoisotopic (exact) mass is 140 g/mol. The molecule has 0 saturated heterocycles. The molecular formula is C8H16N2.